The monoisotopic (exact) mass is 223 g/mol. The fourth-order valence-electron chi connectivity index (χ4n) is 1.47. The maximum absolute atomic E-state index is 5.86. The topological polar surface area (TPSA) is 30.7 Å². The third kappa shape index (κ3) is 2.29. The van der Waals surface area contributed by atoms with Gasteiger partial charge >= 0.3 is 0 Å². The Bertz CT molecular complexity index is 462. The van der Waals surface area contributed by atoms with Crippen LogP contribution in [0.5, 0.6) is 0 Å². The minimum Gasteiger partial charge on any atom is -0.247 e. The highest BCUT2D eigenvalue weighted by Crippen LogP contribution is 2.15. The first-order chi connectivity index (χ1) is 7.16. The van der Waals surface area contributed by atoms with Crippen molar-refractivity contribution < 1.29 is 0 Å². The van der Waals surface area contributed by atoms with Gasteiger partial charge in [-0.1, -0.05) is 25.4 Å². The van der Waals surface area contributed by atoms with Crippen LogP contribution in [0, 0.1) is 5.92 Å². The highest BCUT2D eigenvalue weighted by atomic mass is 35.5. The number of rotatable bonds is 3. The summed E-state index contributed by atoms with van der Waals surface area (Å²) in [4.78, 5) is 4.28. The number of aryl methyl sites for hydroxylation is 1. The van der Waals surface area contributed by atoms with Crippen molar-refractivity contribution in [1.82, 2.24) is 14.8 Å². The molecule has 0 aliphatic rings. The Hall–Kier alpha value is -1.09. The van der Waals surface area contributed by atoms with Crippen LogP contribution in [0.2, 0.25) is 5.15 Å². The summed E-state index contributed by atoms with van der Waals surface area (Å²) in [5.41, 5.74) is 0.878. The summed E-state index contributed by atoms with van der Waals surface area (Å²) >= 11 is 5.86. The van der Waals surface area contributed by atoms with Crippen molar-refractivity contribution in [2.75, 3.05) is 0 Å². The van der Waals surface area contributed by atoms with Crippen molar-refractivity contribution in [2.45, 2.75) is 26.8 Å². The fourth-order valence-corrected chi connectivity index (χ4v) is 1.62. The van der Waals surface area contributed by atoms with Crippen LogP contribution >= 0.6 is 11.6 Å². The van der Waals surface area contributed by atoms with Gasteiger partial charge in [-0.05, 0) is 24.5 Å². The van der Waals surface area contributed by atoms with Gasteiger partial charge in [0.1, 0.15) is 5.15 Å². The highest BCUT2D eigenvalue weighted by molar-refractivity contribution is 6.29. The maximum atomic E-state index is 5.86. The molecular weight excluding hydrogens is 210 g/mol. The second kappa shape index (κ2) is 4.19. The van der Waals surface area contributed by atoms with Gasteiger partial charge in [0.25, 0.3) is 0 Å². The standard InChI is InChI=1S/C11H14ClN3/c1-8(2)5-6-15-11-9(7-13-15)3-4-10(12)14-11/h3-4,7-8H,5-6H2,1-2H3. The predicted molar refractivity (Wildman–Crippen MR) is 62.0 cm³/mol. The Balaban J connectivity index is 2.31. The Morgan fingerprint density at radius 1 is 1.40 bits per heavy atom. The third-order valence-corrected chi connectivity index (χ3v) is 2.58. The van der Waals surface area contributed by atoms with E-state index >= 15 is 0 Å². The molecule has 0 spiro atoms. The molecule has 0 atom stereocenters. The van der Waals surface area contributed by atoms with Gasteiger partial charge in [0.05, 0.1) is 6.20 Å². The molecule has 0 saturated carbocycles. The molecule has 80 valence electrons. The van der Waals surface area contributed by atoms with Crippen LogP contribution in [0.25, 0.3) is 11.0 Å². The van der Waals surface area contributed by atoms with Gasteiger partial charge in [0, 0.05) is 11.9 Å². The maximum Gasteiger partial charge on any atom is 0.159 e. The largest absolute Gasteiger partial charge is 0.247 e. The first-order valence-corrected chi connectivity index (χ1v) is 5.52. The lowest BCUT2D eigenvalue weighted by atomic mass is 10.1. The summed E-state index contributed by atoms with van der Waals surface area (Å²) in [6.45, 7) is 5.30. The van der Waals surface area contributed by atoms with Crippen LogP contribution < -0.4 is 0 Å². The van der Waals surface area contributed by atoms with Crippen LogP contribution in [0.4, 0.5) is 0 Å². The lowest BCUT2D eigenvalue weighted by molar-refractivity contribution is 0.494. The molecule has 15 heavy (non-hydrogen) atoms. The molecule has 2 rings (SSSR count). The molecule has 0 aliphatic carbocycles. The van der Waals surface area contributed by atoms with Gasteiger partial charge in [-0.2, -0.15) is 5.10 Å². The predicted octanol–water partition coefficient (Wildman–Crippen LogP) is 3.13. The summed E-state index contributed by atoms with van der Waals surface area (Å²) in [5, 5.41) is 5.87. The normalized spacial score (nSPS) is 11.5. The molecule has 2 aromatic rings. The van der Waals surface area contributed by atoms with Crippen molar-refractivity contribution in [3.63, 3.8) is 0 Å². The average molecular weight is 224 g/mol. The van der Waals surface area contributed by atoms with Gasteiger partial charge in [-0.25, -0.2) is 9.67 Å². The minimum absolute atomic E-state index is 0.522. The van der Waals surface area contributed by atoms with E-state index in [0.717, 1.165) is 24.0 Å². The second-order valence-corrected chi connectivity index (χ2v) is 4.48. The lowest BCUT2D eigenvalue weighted by Crippen LogP contribution is -2.03. The zero-order valence-corrected chi connectivity index (χ0v) is 9.70. The number of nitrogens with zero attached hydrogens (tertiary/aromatic N) is 3. The van der Waals surface area contributed by atoms with Gasteiger partial charge in [-0.3, -0.25) is 0 Å². The molecular formula is C11H14ClN3. The smallest absolute Gasteiger partial charge is 0.159 e. The highest BCUT2D eigenvalue weighted by Gasteiger charge is 2.05. The minimum atomic E-state index is 0.522. The molecule has 3 nitrogen and oxygen atoms in total. The lowest BCUT2D eigenvalue weighted by Gasteiger charge is -2.05. The summed E-state index contributed by atoms with van der Waals surface area (Å²) in [5.74, 6) is 0.670. The van der Waals surface area contributed by atoms with E-state index in [0.29, 0.717) is 11.1 Å². The zero-order chi connectivity index (χ0) is 10.8. The SMILES string of the molecule is CC(C)CCn1ncc2ccc(Cl)nc21. The van der Waals surface area contributed by atoms with Crippen molar-refractivity contribution in [3.8, 4) is 0 Å². The van der Waals surface area contributed by atoms with Crippen LogP contribution in [0.3, 0.4) is 0 Å². The van der Waals surface area contributed by atoms with Crippen LogP contribution in [0.1, 0.15) is 20.3 Å². The van der Waals surface area contributed by atoms with Crippen LogP contribution in [-0.2, 0) is 6.54 Å². The van der Waals surface area contributed by atoms with Crippen molar-refractivity contribution >= 4 is 22.6 Å². The molecule has 0 aromatic carbocycles. The molecule has 2 heterocycles. The molecule has 0 radical (unpaired) electrons. The van der Waals surface area contributed by atoms with E-state index in [9.17, 15) is 0 Å². The van der Waals surface area contributed by atoms with Crippen molar-refractivity contribution in [3.05, 3.63) is 23.5 Å². The van der Waals surface area contributed by atoms with E-state index in [1.54, 1.807) is 6.07 Å². The van der Waals surface area contributed by atoms with Crippen LogP contribution in [-0.4, -0.2) is 14.8 Å². The van der Waals surface area contributed by atoms with E-state index < -0.39 is 0 Å². The van der Waals surface area contributed by atoms with Gasteiger partial charge in [0.2, 0.25) is 0 Å². The Morgan fingerprint density at radius 3 is 2.93 bits per heavy atom. The number of hydrogen-bond acceptors (Lipinski definition) is 2. The van der Waals surface area contributed by atoms with E-state index in [1.807, 2.05) is 16.9 Å². The summed E-state index contributed by atoms with van der Waals surface area (Å²) in [7, 11) is 0. The fraction of sp³-hybridized carbons (Fsp3) is 0.455. The Morgan fingerprint density at radius 2 is 2.20 bits per heavy atom. The summed E-state index contributed by atoms with van der Waals surface area (Å²) in [6, 6.07) is 3.74. The first-order valence-electron chi connectivity index (χ1n) is 5.15. The number of pyridine rings is 1. The summed E-state index contributed by atoms with van der Waals surface area (Å²) < 4.78 is 1.92. The number of hydrogen-bond donors (Lipinski definition) is 0. The first kappa shape index (κ1) is 10.4. The molecule has 4 heteroatoms. The molecule has 0 bridgehead atoms. The quantitative estimate of drug-likeness (QED) is 0.749. The van der Waals surface area contributed by atoms with Gasteiger partial charge < -0.3 is 0 Å². The molecule has 0 fully saturated rings. The summed E-state index contributed by atoms with van der Waals surface area (Å²) in [6.07, 6.45) is 2.93. The number of fused-ring (bicyclic) bond motifs is 1. The van der Waals surface area contributed by atoms with E-state index in [-0.39, 0.29) is 0 Å². The van der Waals surface area contributed by atoms with Crippen molar-refractivity contribution in [2.24, 2.45) is 5.92 Å². The third-order valence-electron chi connectivity index (χ3n) is 2.37. The zero-order valence-electron chi connectivity index (χ0n) is 8.94. The molecule has 2 aromatic heterocycles. The molecule has 0 unspecified atom stereocenters. The molecule has 0 amide bonds. The molecule has 0 saturated heterocycles. The average Bonchev–Trinajstić information content (AvgIpc) is 2.57. The number of halogens is 1. The molecule has 0 N–H and O–H groups in total. The number of aromatic nitrogens is 3. The molecule has 0 aliphatic heterocycles. The Kier molecular flexibility index (Phi) is 2.91. The van der Waals surface area contributed by atoms with E-state index in [1.165, 1.54) is 0 Å². The van der Waals surface area contributed by atoms with Crippen molar-refractivity contribution in [1.29, 1.82) is 0 Å². The van der Waals surface area contributed by atoms with Crippen LogP contribution in [0.15, 0.2) is 18.3 Å². The van der Waals surface area contributed by atoms with E-state index in [2.05, 4.69) is 23.9 Å². The Labute approximate surface area is 94.1 Å². The second-order valence-electron chi connectivity index (χ2n) is 4.10. The van der Waals surface area contributed by atoms with E-state index in [4.69, 9.17) is 11.6 Å². The van der Waals surface area contributed by atoms with Gasteiger partial charge in [0.15, 0.2) is 5.65 Å². The van der Waals surface area contributed by atoms with Gasteiger partial charge in [-0.15, -0.1) is 0 Å².